The Morgan fingerprint density at radius 2 is 2.05 bits per heavy atom. The summed E-state index contributed by atoms with van der Waals surface area (Å²) in [6, 6.07) is 9.03. The number of hydrogen-bond acceptors (Lipinski definition) is 3. The molecule has 0 aromatic heterocycles. The standard InChI is InChI=1S/C14H12BrFN2O2/c1-20-13-7-9(3-5-12(13)17)18-14(19)10-4-2-8(15)6-11(10)16/h2-7H,17H2,1H3,(H,18,19). The molecular weight excluding hydrogens is 327 g/mol. The van der Waals surface area contributed by atoms with Gasteiger partial charge in [-0.1, -0.05) is 15.9 Å². The van der Waals surface area contributed by atoms with Crippen LogP contribution in [-0.2, 0) is 0 Å². The zero-order valence-corrected chi connectivity index (χ0v) is 12.2. The highest BCUT2D eigenvalue weighted by Crippen LogP contribution is 2.25. The van der Waals surface area contributed by atoms with E-state index < -0.39 is 11.7 Å². The molecular formula is C14H12BrFN2O2. The van der Waals surface area contributed by atoms with Crippen molar-refractivity contribution in [2.24, 2.45) is 0 Å². The molecule has 0 saturated carbocycles. The Hall–Kier alpha value is -2.08. The van der Waals surface area contributed by atoms with Crippen molar-refractivity contribution in [2.75, 3.05) is 18.2 Å². The van der Waals surface area contributed by atoms with Gasteiger partial charge in [0.15, 0.2) is 0 Å². The maximum Gasteiger partial charge on any atom is 0.258 e. The Bertz CT molecular complexity index is 662. The number of carbonyl (C=O) groups is 1. The fourth-order valence-corrected chi connectivity index (χ4v) is 1.99. The summed E-state index contributed by atoms with van der Waals surface area (Å²) in [6.07, 6.45) is 0. The van der Waals surface area contributed by atoms with Crippen molar-refractivity contribution >= 4 is 33.2 Å². The van der Waals surface area contributed by atoms with Gasteiger partial charge in [0.25, 0.3) is 5.91 Å². The van der Waals surface area contributed by atoms with Crippen molar-refractivity contribution in [1.29, 1.82) is 0 Å². The number of methoxy groups -OCH3 is 1. The molecule has 0 aliphatic heterocycles. The van der Waals surface area contributed by atoms with Crippen molar-refractivity contribution in [3.8, 4) is 5.75 Å². The highest BCUT2D eigenvalue weighted by molar-refractivity contribution is 9.10. The second-order valence-electron chi connectivity index (χ2n) is 4.04. The highest BCUT2D eigenvalue weighted by Gasteiger charge is 2.12. The summed E-state index contributed by atoms with van der Waals surface area (Å²) in [5.41, 5.74) is 6.58. The van der Waals surface area contributed by atoms with Crippen LogP contribution in [0.2, 0.25) is 0 Å². The molecule has 0 radical (unpaired) electrons. The van der Waals surface area contributed by atoms with E-state index in [1.54, 1.807) is 24.3 Å². The molecule has 0 spiro atoms. The van der Waals surface area contributed by atoms with Gasteiger partial charge in [-0.05, 0) is 30.3 Å². The molecule has 0 atom stereocenters. The van der Waals surface area contributed by atoms with Crippen molar-refractivity contribution < 1.29 is 13.9 Å². The minimum absolute atomic E-state index is 0.0380. The Kier molecular flexibility index (Phi) is 4.24. The molecule has 0 heterocycles. The Balaban J connectivity index is 2.23. The molecule has 4 nitrogen and oxygen atoms in total. The Morgan fingerprint density at radius 1 is 1.30 bits per heavy atom. The van der Waals surface area contributed by atoms with Crippen LogP contribution >= 0.6 is 15.9 Å². The zero-order valence-electron chi connectivity index (χ0n) is 10.6. The first-order valence-corrected chi connectivity index (χ1v) is 6.50. The minimum Gasteiger partial charge on any atom is -0.495 e. The molecule has 20 heavy (non-hydrogen) atoms. The molecule has 0 aliphatic carbocycles. The lowest BCUT2D eigenvalue weighted by Gasteiger charge is -2.09. The SMILES string of the molecule is COc1cc(NC(=O)c2ccc(Br)cc2F)ccc1N. The van der Waals surface area contributed by atoms with Crippen LogP contribution in [0.1, 0.15) is 10.4 Å². The largest absolute Gasteiger partial charge is 0.495 e. The van der Waals surface area contributed by atoms with Gasteiger partial charge in [0.05, 0.1) is 18.4 Å². The van der Waals surface area contributed by atoms with Crippen molar-refractivity contribution in [3.63, 3.8) is 0 Å². The monoisotopic (exact) mass is 338 g/mol. The summed E-state index contributed by atoms with van der Waals surface area (Å²) in [5, 5.41) is 2.59. The summed E-state index contributed by atoms with van der Waals surface area (Å²) < 4.78 is 19.3. The van der Waals surface area contributed by atoms with Crippen LogP contribution in [0.3, 0.4) is 0 Å². The molecule has 0 saturated heterocycles. The molecule has 0 bridgehead atoms. The number of nitrogen functional groups attached to an aromatic ring is 1. The molecule has 6 heteroatoms. The van der Waals surface area contributed by atoms with Crippen molar-refractivity contribution in [2.45, 2.75) is 0 Å². The van der Waals surface area contributed by atoms with Gasteiger partial charge in [-0.15, -0.1) is 0 Å². The minimum atomic E-state index is -0.598. The van der Waals surface area contributed by atoms with E-state index in [2.05, 4.69) is 21.2 Å². The molecule has 2 aromatic rings. The maximum atomic E-state index is 13.7. The third-order valence-corrected chi connectivity index (χ3v) is 3.16. The van der Waals surface area contributed by atoms with E-state index in [0.29, 0.717) is 21.6 Å². The molecule has 1 amide bonds. The third kappa shape index (κ3) is 3.08. The van der Waals surface area contributed by atoms with E-state index in [4.69, 9.17) is 10.5 Å². The maximum absolute atomic E-state index is 13.7. The molecule has 0 fully saturated rings. The van der Waals surface area contributed by atoms with Crippen LogP contribution in [0, 0.1) is 5.82 Å². The zero-order chi connectivity index (χ0) is 14.7. The summed E-state index contributed by atoms with van der Waals surface area (Å²) >= 11 is 3.14. The van der Waals surface area contributed by atoms with Crippen LogP contribution in [0.5, 0.6) is 5.75 Å². The number of carbonyl (C=O) groups excluding carboxylic acids is 1. The number of benzene rings is 2. The van der Waals surface area contributed by atoms with E-state index in [9.17, 15) is 9.18 Å². The highest BCUT2D eigenvalue weighted by atomic mass is 79.9. The predicted molar refractivity (Wildman–Crippen MR) is 79.5 cm³/mol. The normalized spacial score (nSPS) is 10.2. The summed E-state index contributed by atoms with van der Waals surface area (Å²) in [7, 11) is 1.48. The van der Waals surface area contributed by atoms with Crippen LogP contribution in [0.4, 0.5) is 15.8 Å². The summed E-state index contributed by atoms with van der Waals surface area (Å²) in [4.78, 5) is 12.0. The van der Waals surface area contributed by atoms with E-state index >= 15 is 0 Å². The van der Waals surface area contributed by atoms with E-state index in [1.165, 1.54) is 19.2 Å². The van der Waals surface area contributed by atoms with E-state index in [-0.39, 0.29) is 5.56 Å². The number of ether oxygens (including phenoxy) is 1. The summed E-state index contributed by atoms with van der Waals surface area (Å²) in [6.45, 7) is 0. The fourth-order valence-electron chi connectivity index (χ4n) is 1.66. The van der Waals surface area contributed by atoms with Gasteiger partial charge in [0.1, 0.15) is 11.6 Å². The first-order valence-electron chi connectivity index (χ1n) is 5.71. The number of halogens is 2. The van der Waals surface area contributed by atoms with Gasteiger partial charge < -0.3 is 15.8 Å². The first kappa shape index (κ1) is 14.3. The lowest BCUT2D eigenvalue weighted by molar-refractivity contribution is 0.102. The van der Waals surface area contributed by atoms with E-state index in [1.807, 2.05) is 0 Å². The van der Waals surface area contributed by atoms with Gasteiger partial charge in [-0.2, -0.15) is 0 Å². The first-order chi connectivity index (χ1) is 9.51. The van der Waals surface area contributed by atoms with Gasteiger partial charge in [-0.25, -0.2) is 4.39 Å². The lowest BCUT2D eigenvalue weighted by Crippen LogP contribution is -2.13. The molecule has 0 unspecified atom stereocenters. The van der Waals surface area contributed by atoms with Crippen molar-refractivity contribution in [3.05, 3.63) is 52.3 Å². The van der Waals surface area contributed by atoms with Gasteiger partial charge >= 0.3 is 0 Å². The molecule has 2 rings (SSSR count). The second-order valence-corrected chi connectivity index (χ2v) is 4.95. The van der Waals surface area contributed by atoms with Crippen LogP contribution in [0.25, 0.3) is 0 Å². The van der Waals surface area contributed by atoms with Crippen LogP contribution in [0.15, 0.2) is 40.9 Å². The van der Waals surface area contributed by atoms with Crippen LogP contribution < -0.4 is 15.8 Å². The number of anilines is 2. The quantitative estimate of drug-likeness (QED) is 0.842. The summed E-state index contributed by atoms with van der Waals surface area (Å²) in [5.74, 6) is -0.694. The average Bonchev–Trinajstić information content (AvgIpc) is 2.40. The third-order valence-electron chi connectivity index (χ3n) is 2.67. The lowest BCUT2D eigenvalue weighted by atomic mass is 10.2. The van der Waals surface area contributed by atoms with Crippen molar-refractivity contribution in [1.82, 2.24) is 0 Å². The number of nitrogens with one attached hydrogen (secondary N) is 1. The second kappa shape index (κ2) is 5.92. The van der Waals surface area contributed by atoms with Gasteiger partial charge in [0.2, 0.25) is 0 Å². The van der Waals surface area contributed by atoms with Crippen LogP contribution in [-0.4, -0.2) is 13.0 Å². The molecule has 3 N–H and O–H groups in total. The fraction of sp³-hybridized carbons (Fsp3) is 0.0714. The van der Waals surface area contributed by atoms with Gasteiger partial charge in [-0.3, -0.25) is 4.79 Å². The number of rotatable bonds is 3. The molecule has 104 valence electrons. The molecule has 2 aromatic carbocycles. The topological polar surface area (TPSA) is 64.3 Å². The smallest absolute Gasteiger partial charge is 0.258 e. The van der Waals surface area contributed by atoms with E-state index in [0.717, 1.165) is 0 Å². The number of amides is 1. The number of hydrogen-bond donors (Lipinski definition) is 2. The average molecular weight is 339 g/mol. The Labute approximate surface area is 123 Å². The number of nitrogens with two attached hydrogens (primary N) is 1. The van der Waals surface area contributed by atoms with Gasteiger partial charge in [0, 0.05) is 16.2 Å². The Morgan fingerprint density at radius 3 is 2.70 bits per heavy atom. The predicted octanol–water partition coefficient (Wildman–Crippen LogP) is 3.43. The molecule has 0 aliphatic rings.